The molecule has 3 nitrogen and oxygen atoms in total. The van der Waals surface area contributed by atoms with Crippen LogP contribution >= 0.6 is 0 Å². The van der Waals surface area contributed by atoms with E-state index in [1.165, 1.54) is 12.8 Å². The zero-order valence-corrected chi connectivity index (χ0v) is 17.7. The standard InChI is InChI=1S/C6H13.3C3H8N.Sn/c1-4-6(3)5-2;3*1-3-4-2;/h4-5H2,1-3H3;3*3H2,1-2H3;/q;3*-1;+3. The second kappa shape index (κ2) is 8.20. The molecule has 0 heterocycles. The number of rotatable bonds is 9. The molecule has 0 saturated carbocycles. The summed E-state index contributed by atoms with van der Waals surface area (Å²) < 4.78 is 8.65. The molecule has 0 aliphatic rings. The molecule has 0 bridgehead atoms. The predicted octanol–water partition coefficient (Wildman–Crippen LogP) is 3.36. The quantitative estimate of drug-likeness (QED) is 0.570. The number of hydrogen-bond donors (Lipinski definition) is 0. The average molecular weight is 378 g/mol. The SMILES string of the molecule is CC[N](C)[Sn]([N](C)CC)([N](C)CC)[C](C)(CC)CC. The van der Waals surface area contributed by atoms with Crippen molar-refractivity contribution in [3.05, 3.63) is 0 Å². The van der Waals surface area contributed by atoms with Gasteiger partial charge in [-0.15, -0.1) is 0 Å². The van der Waals surface area contributed by atoms with Gasteiger partial charge in [-0.2, -0.15) is 0 Å². The Balaban J connectivity index is 6.03. The van der Waals surface area contributed by atoms with Crippen molar-refractivity contribution in [3.8, 4) is 0 Å². The molecular formula is C15H37N3Sn. The zero-order chi connectivity index (χ0) is 15.3. The van der Waals surface area contributed by atoms with Gasteiger partial charge >= 0.3 is 127 Å². The van der Waals surface area contributed by atoms with Crippen molar-refractivity contribution >= 4 is 19.2 Å². The molecule has 0 atom stereocenters. The van der Waals surface area contributed by atoms with Crippen molar-refractivity contribution in [1.82, 2.24) is 9.36 Å². The molecule has 4 heteroatoms. The summed E-state index contributed by atoms with van der Waals surface area (Å²) in [6, 6.07) is 0. The van der Waals surface area contributed by atoms with Gasteiger partial charge in [-0.3, -0.25) is 0 Å². The minimum absolute atomic E-state index is 0.453. The molecule has 0 unspecified atom stereocenters. The van der Waals surface area contributed by atoms with Gasteiger partial charge in [0.1, 0.15) is 0 Å². The van der Waals surface area contributed by atoms with Gasteiger partial charge in [0.15, 0.2) is 0 Å². The fraction of sp³-hybridized carbons (Fsp3) is 1.00. The second-order valence-corrected chi connectivity index (χ2v) is 19.6. The van der Waals surface area contributed by atoms with Crippen LogP contribution in [0, 0.1) is 0 Å². The molecular weight excluding hydrogens is 341 g/mol. The first kappa shape index (κ1) is 19.7. The van der Waals surface area contributed by atoms with Crippen LogP contribution in [-0.4, -0.2) is 69.3 Å². The summed E-state index contributed by atoms with van der Waals surface area (Å²) in [6.07, 6.45) is 2.55. The van der Waals surface area contributed by atoms with E-state index >= 15 is 0 Å². The van der Waals surface area contributed by atoms with Crippen molar-refractivity contribution in [2.45, 2.75) is 57.8 Å². The molecule has 116 valence electrons. The molecule has 19 heavy (non-hydrogen) atoms. The van der Waals surface area contributed by atoms with Crippen LogP contribution in [0.3, 0.4) is 0 Å². The fourth-order valence-corrected chi connectivity index (χ4v) is 23.0. The van der Waals surface area contributed by atoms with Gasteiger partial charge in [-0.25, -0.2) is 0 Å². The van der Waals surface area contributed by atoms with Crippen molar-refractivity contribution < 1.29 is 0 Å². The van der Waals surface area contributed by atoms with Crippen molar-refractivity contribution in [1.29, 1.82) is 0 Å². The summed E-state index contributed by atoms with van der Waals surface area (Å²) in [4.78, 5) is 0. The van der Waals surface area contributed by atoms with Gasteiger partial charge < -0.3 is 0 Å². The van der Waals surface area contributed by atoms with Crippen molar-refractivity contribution in [3.63, 3.8) is 0 Å². The first-order chi connectivity index (χ1) is 8.82. The van der Waals surface area contributed by atoms with Crippen LogP contribution in [0.2, 0.25) is 3.43 Å². The zero-order valence-electron chi connectivity index (χ0n) is 14.9. The molecule has 0 aromatic carbocycles. The number of hydrogen-bond acceptors (Lipinski definition) is 3. The van der Waals surface area contributed by atoms with Crippen LogP contribution in [0.4, 0.5) is 0 Å². The van der Waals surface area contributed by atoms with Gasteiger partial charge in [0.25, 0.3) is 0 Å². The molecule has 0 spiro atoms. The summed E-state index contributed by atoms with van der Waals surface area (Å²) >= 11 is -2.80. The Labute approximate surface area is 127 Å². The number of nitrogens with zero attached hydrogens (tertiary/aromatic N) is 3. The van der Waals surface area contributed by atoms with Gasteiger partial charge in [0.05, 0.1) is 0 Å². The normalized spacial score (nSPS) is 13.9. The minimum atomic E-state index is -2.80. The first-order valence-electron chi connectivity index (χ1n) is 7.95. The second-order valence-electron chi connectivity index (χ2n) is 5.95. The topological polar surface area (TPSA) is 9.72 Å². The van der Waals surface area contributed by atoms with Crippen molar-refractivity contribution in [2.24, 2.45) is 0 Å². The van der Waals surface area contributed by atoms with E-state index < -0.39 is 19.2 Å². The third-order valence-electron chi connectivity index (χ3n) is 5.39. The summed E-state index contributed by atoms with van der Waals surface area (Å²) in [5.41, 5.74) is 0. The van der Waals surface area contributed by atoms with Crippen LogP contribution in [0.1, 0.15) is 54.4 Å². The molecule has 0 aliphatic heterocycles. The summed E-state index contributed by atoms with van der Waals surface area (Å²) in [5, 5.41) is 0. The molecule has 0 N–H and O–H groups in total. The van der Waals surface area contributed by atoms with Crippen LogP contribution in [0.25, 0.3) is 0 Å². The molecule has 0 amide bonds. The third kappa shape index (κ3) is 3.30. The van der Waals surface area contributed by atoms with Gasteiger partial charge in [-0.05, 0) is 0 Å². The van der Waals surface area contributed by atoms with E-state index in [1.807, 2.05) is 0 Å². The summed E-state index contributed by atoms with van der Waals surface area (Å²) in [6.45, 7) is 17.7. The molecule has 0 saturated heterocycles. The molecule has 0 aliphatic carbocycles. The van der Waals surface area contributed by atoms with Crippen molar-refractivity contribution in [2.75, 3.05) is 40.8 Å². The fourth-order valence-electron chi connectivity index (χ4n) is 3.64. The monoisotopic (exact) mass is 379 g/mol. The molecule has 0 fully saturated rings. The Hall–Kier alpha value is 0.679. The van der Waals surface area contributed by atoms with Gasteiger partial charge in [0.2, 0.25) is 0 Å². The molecule has 0 radical (unpaired) electrons. The van der Waals surface area contributed by atoms with Gasteiger partial charge in [0, 0.05) is 0 Å². The van der Waals surface area contributed by atoms with Crippen LogP contribution in [-0.2, 0) is 0 Å². The van der Waals surface area contributed by atoms with E-state index in [1.54, 1.807) is 0 Å². The van der Waals surface area contributed by atoms with E-state index in [2.05, 4.69) is 72.1 Å². The van der Waals surface area contributed by atoms with Crippen LogP contribution in [0.5, 0.6) is 0 Å². The van der Waals surface area contributed by atoms with Crippen LogP contribution in [0.15, 0.2) is 0 Å². The first-order valence-corrected chi connectivity index (χ1v) is 13.2. The molecule has 0 rings (SSSR count). The Morgan fingerprint density at radius 2 is 0.947 bits per heavy atom. The van der Waals surface area contributed by atoms with E-state index in [0.717, 1.165) is 19.6 Å². The summed E-state index contributed by atoms with van der Waals surface area (Å²) in [7, 11) is 7.08. The average Bonchev–Trinajstić information content (AvgIpc) is 2.45. The van der Waals surface area contributed by atoms with E-state index in [0.29, 0.717) is 3.43 Å². The Morgan fingerprint density at radius 3 is 1.11 bits per heavy atom. The summed E-state index contributed by atoms with van der Waals surface area (Å²) in [5.74, 6) is 0. The van der Waals surface area contributed by atoms with Gasteiger partial charge in [-0.1, -0.05) is 0 Å². The third-order valence-corrected chi connectivity index (χ3v) is 23.9. The molecule has 0 aromatic rings. The van der Waals surface area contributed by atoms with E-state index in [9.17, 15) is 0 Å². The Kier molecular flexibility index (Phi) is 8.49. The molecule has 0 aromatic heterocycles. The maximum atomic E-state index is 2.73. The maximum absolute atomic E-state index is 2.80. The van der Waals surface area contributed by atoms with E-state index in [4.69, 9.17) is 0 Å². The predicted molar refractivity (Wildman–Crippen MR) is 89.6 cm³/mol. The van der Waals surface area contributed by atoms with Crippen LogP contribution < -0.4 is 0 Å². The van der Waals surface area contributed by atoms with E-state index in [-0.39, 0.29) is 0 Å². The Morgan fingerprint density at radius 1 is 0.684 bits per heavy atom. The Bertz CT molecular complexity index is 227.